The summed E-state index contributed by atoms with van der Waals surface area (Å²) < 4.78 is 5.22. The summed E-state index contributed by atoms with van der Waals surface area (Å²) in [6.45, 7) is 3.88. The lowest BCUT2D eigenvalue weighted by Crippen LogP contribution is -2.32. The minimum absolute atomic E-state index is 0.106. The molecule has 0 heterocycles. The van der Waals surface area contributed by atoms with E-state index in [2.05, 4.69) is 17.6 Å². The molecular formula is C19H22N2O3. The number of hydrogen-bond donors (Lipinski definition) is 2. The van der Waals surface area contributed by atoms with Crippen molar-refractivity contribution in [2.75, 3.05) is 19.0 Å². The first-order chi connectivity index (χ1) is 11.5. The highest BCUT2D eigenvalue weighted by atomic mass is 16.5. The van der Waals surface area contributed by atoms with Gasteiger partial charge in [0.25, 0.3) is 5.91 Å². The smallest absolute Gasteiger partial charge is 0.251 e. The number of methoxy groups -OCH3 is 1. The van der Waals surface area contributed by atoms with E-state index in [0.29, 0.717) is 17.0 Å². The van der Waals surface area contributed by atoms with Gasteiger partial charge in [0.05, 0.1) is 19.3 Å². The molecule has 0 spiro atoms. The van der Waals surface area contributed by atoms with Gasteiger partial charge in [-0.25, -0.2) is 0 Å². The summed E-state index contributed by atoms with van der Waals surface area (Å²) in [6, 6.07) is 12.8. The van der Waals surface area contributed by atoms with Crippen LogP contribution in [0.5, 0.6) is 5.75 Å². The Morgan fingerprint density at radius 2 is 1.79 bits per heavy atom. The van der Waals surface area contributed by atoms with Crippen molar-refractivity contribution in [3.8, 4) is 5.75 Å². The third kappa shape index (κ3) is 4.59. The van der Waals surface area contributed by atoms with E-state index >= 15 is 0 Å². The first-order valence-corrected chi connectivity index (χ1v) is 7.85. The highest BCUT2D eigenvalue weighted by Crippen LogP contribution is 2.24. The standard InChI is InChI=1S/C19H22N2O3/c1-4-14-6-8-15(9-7-14)19(23)20-12-18(22)21-16-11-13(2)5-10-17(16)24-3/h5-11H,4,12H2,1-3H3,(H,20,23)(H,21,22). The van der Waals surface area contributed by atoms with Crippen LogP contribution in [0.15, 0.2) is 42.5 Å². The van der Waals surface area contributed by atoms with Crippen LogP contribution in [0.2, 0.25) is 0 Å². The van der Waals surface area contributed by atoms with Gasteiger partial charge in [-0.15, -0.1) is 0 Å². The number of hydrogen-bond acceptors (Lipinski definition) is 3. The van der Waals surface area contributed by atoms with Crippen LogP contribution in [0.4, 0.5) is 5.69 Å². The lowest BCUT2D eigenvalue weighted by molar-refractivity contribution is -0.115. The molecule has 24 heavy (non-hydrogen) atoms. The summed E-state index contributed by atoms with van der Waals surface area (Å²) in [7, 11) is 1.54. The molecule has 2 aromatic rings. The summed E-state index contributed by atoms with van der Waals surface area (Å²) >= 11 is 0. The van der Waals surface area contributed by atoms with E-state index in [1.54, 1.807) is 25.3 Å². The van der Waals surface area contributed by atoms with Gasteiger partial charge < -0.3 is 15.4 Å². The number of rotatable bonds is 6. The Balaban J connectivity index is 1.93. The van der Waals surface area contributed by atoms with Crippen LogP contribution in [-0.2, 0) is 11.2 Å². The molecule has 0 atom stereocenters. The maximum Gasteiger partial charge on any atom is 0.251 e. The maximum absolute atomic E-state index is 12.1. The number of carbonyl (C=O) groups is 2. The Kier molecular flexibility index (Phi) is 5.95. The molecule has 0 unspecified atom stereocenters. The number of ether oxygens (including phenoxy) is 1. The van der Waals surface area contributed by atoms with Crippen molar-refractivity contribution in [2.24, 2.45) is 0 Å². The van der Waals surface area contributed by atoms with Crippen molar-refractivity contribution < 1.29 is 14.3 Å². The zero-order chi connectivity index (χ0) is 17.5. The Morgan fingerprint density at radius 1 is 1.08 bits per heavy atom. The lowest BCUT2D eigenvalue weighted by atomic mass is 10.1. The fourth-order valence-corrected chi connectivity index (χ4v) is 2.27. The summed E-state index contributed by atoms with van der Waals surface area (Å²) in [6.07, 6.45) is 0.919. The Morgan fingerprint density at radius 3 is 2.42 bits per heavy atom. The molecule has 0 aliphatic rings. The maximum atomic E-state index is 12.1. The molecule has 2 N–H and O–H groups in total. The van der Waals surface area contributed by atoms with Crippen molar-refractivity contribution in [1.29, 1.82) is 0 Å². The summed E-state index contributed by atoms with van der Waals surface area (Å²) in [5.74, 6) is -0.00290. The first-order valence-electron chi connectivity index (χ1n) is 7.85. The van der Waals surface area contributed by atoms with E-state index in [1.165, 1.54) is 0 Å². The summed E-state index contributed by atoms with van der Waals surface area (Å²) in [5, 5.41) is 5.37. The van der Waals surface area contributed by atoms with Crippen molar-refractivity contribution in [2.45, 2.75) is 20.3 Å². The monoisotopic (exact) mass is 326 g/mol. The molecule has 5 heteroatoms. The van der Waals surface area contributed by atoms with Crippen LogP contribution in [0.25, 0.3) is 0 Å². The fraction of sp³-hybridized carbons (Fsp3) is 0.263. The average Bonchev–Trinajstić information content (AvgIpc) is 2.60. The van der Waals surface area contributed by atoms with Crippen LogP contribution in [0.1, 0.15) is 28.4 Å². The van der Waals surface area contributed by atoms with E-state index in [-0.39, 0.29) is 18.4 Å². The Bertz CT molecular complexity index is 724. The van der Waals surface area contributed by atoms with E-state index < -0.39 is 0 Å². The molecule has 0 aliphatic heterocycles. The third-order valence-electron chi connectivity index (χ3n) is 3.66. The second-order valence-electron chi connectivity index (χ2n) is 5.49. The van der Waals surface area contributed by atoms with Crippen LogP contribution in [-0.4, -0.2) is 25.5 Å². The molecular weight excluding hydrogens is 304 g/mol. The molecule has 0 aromatic heterocycles. The molecule has 2 aromatic carbocycles. The minimum Gasteiger partial charge on any atom is -0.495 e. The van der Waals surface area contributed by atoms with Crippen molar-refractivity contribution in [3.63, 3.8) is 0 Å². The molecule has 0 bridgehead atoms. The SMILES string of the molecule is CCc1ccc(C(=O)NCC(=O)Nc2cc(C)ccc2OC)cc1. The highest BCUT2D eigenvalue weighted by molar-refractivity contribution is 5.99. The van der Waals surface area contributed by atoms with Crippen molar-refractivity contribution in [1.82, 2.24) is 5.32 Å². The van der Waals surface area contributed by atoms with Gasteiger partial charge in [-0.1, -0.05) is 25.1 Å². The second kappa shape index (κ2) is 8.15. The van der Waals surface area contributed by atoms with Gasteiger partial charge in [0.2, 0.25) is 5.91 Å². The number of aryl methyl sites for hydroxylation is 2. The van der Waals surface area contributed by atoms with Gasteiger partial charge in [0.1, 0.15) is 5.75 Å². The Hall–Kier alpha value is -2.82. The van der Waals surface area contributed by atoms with E-state index in [9.17, 15) is 9.59 Å². The topological polar surface area (TPSA) is 67.4 Å². The van der Waals surface area contributed by atoms with Gasteiger partial charge in [-0.3, -0.25) is 9.59 Å². The van der Waals surface area contributed by atoms with Crippen molar-refractivity contribution >= 4 is 17.5 Å². The lowest BCUT2D eigenvalue weighted by Gasteiger charge is -2.11. The number of amides is 2. The summed E-state index contributed by atoms with van der Waals surface area (Å²) in [4.78, 5) is 24.1. The molecule has 126 valence electrons. The number of anilines is 1. The number of benzene rings is 2. The molecule has 2 rings (SSSR count). The van der Waals surface area contributed by atoms with Gasteiger partial charge in [-0.05, 0) is 48.7 Å². The van der Waals surface area contributed by atoms with Crippen molar-refractivity contribution in [3.05, 3.63) is 59.2 Å². The molecule has 5 nitrogen and oxygen atoms in total. The van der Waals surface area contributed by atoms with E-state index in [4.69, 9.17) is 4.74 Å². The third-order valence-corrected chi connectivity index (χ3v) is 3.66. The zero-order valence-electron chi connectivity index (χ0n) is 14.2. The Labute approximate surface area is 142 Å². The largest absolute Gasteiger partial charge is 0.495 e. The molecule has 0 saturated carbocycles. The van der Waals surface area contributed by atoms with Gasteiger partial charge in [-0.2, -0.15) is 0 Å². The minimum atomic E-state index is -0.308. The summed E-state index contributed by atoms with van der Waals surface area (Å²) in [5.41, 5.74) is 3.29. The molecule has 0 radical (unpaired) electrons. The highest BCUT2D eigenvalue weighted by Gasteiger charge is 2.10. The predicted octanol–water partition coefficient (Wildman–Crippen LogP) is 2.93. The van der Waals surface area contributed by atoms with E-state index in [0.717, 1.165) is 17.5 Å². The number of carbonyl (C=O) groups excluding carboxylic acids is 2. The molecule has 2 amide bonds. The quantitative estimate of drug-likeness (QED) is 0.857. The average molecular weight is 326 g/mol. The second-order valence-corrected chi connectivity index (χ2v) is 5.49. The number of nitrogens with one attached hydrogen (secondary N) is 2. The van der Waals surface area contributed by atoms with Gasteiger partial charge in [0.15, 0.2) is 0 Å². The van der Waals surface area contributed by atoms with Crippen LogP contribution in [0, 0.1) is 6.92 Å². The van der Waals surface area contributed by atoms with Crippen LogP contribution < -0.4 is 15.4 Å². The molecule has 0 saturated heterocycles. The first kappa shape index (κ1) is 17.5. The van der Waals surface area contributed by atoms with Crippen LogP contribution >= 0.6 is 0 Å². The van der Waals surface area contributed by atoms with Crippen LogP contribution in [0.3, 0.4) is 0 Å². The van der Waals surface area contributed by atoms with E-state index in [1.807, 2.05) is 31.2 Å². The molecule has 0 aliphatic carbocycles. The predicted molar refractivity (Wildman–Crippen MR) is 94.5 cm³/mol. The zero-order valence-corrected chi connectivity index (χ0v) is 14.2. The van der Waals surface area contributed by atoms with Gasteiger partial charge in [0, 0.05) is 5.56 Å². The molecule has 0 fully saturated rings. The van der Waals surface area contributed by atoms with Gasteiger partial charge >= 0.3 is 0 Å². The fourth-order valence-electron chi connectivity index (χ4n) is 2.27. The normalized spacial score (nSPS) is 10.1.